The predicted octanol–water partition coefficient (Wildman–Crippen LogP) is -1.38. The van der Waals surface area contributed by atoms with Gasteiger partial charge in [-0.05, 0) is 12.5 Å². The Morgan fingerprint density at radius 1 is 1.40 bits per heavy atom. The van der Waals surface area contributed by atoms with Gasteiger partial charge in [0.15, 0.2) is 12.4 Å². The van der Waals surface area contributed by atoms with Crippen LogP contribution in [-0.2, 0) is 42.8 Å². The molecule has 3 aliphatic heterocycles. The van der Waals surface area contributed by atoms with Crippen molar-refractivity contribution < 1.29 is 46.2 Å². The zero-order chi connectivity index (χ0) is 18.6. The second-order valence-corrected chi connectivity index (χ2v) is 7.90. The van der Waals surface area contributed by atoms with Crippen molar-refractivity contribution in [1.29, 1.82) is 0 Å². The van der Waals surface area contributed by atoms with Gasteiger partial charge >= 0.3 is 11.9 Å². The molecule has 3 saturated heterocycles. The molecule has 0 aromatic carbocycles. The van der Waals surface area contributed by atoms with Gasteiger partial charge in [-0.2, -0.15) is 8.42 Å². The number of aliphatic hydroxyl groups excluding tert-OH is 1. The van der Waals surface area contributed by atoms with Gasteiger partial charge in [0.25, 0.3) is 14.9 Å². The Kier molecular flexibility index (Phi) is 4.40. The summed E-state index contributed by atoms with van der Waals surface area (Å²) in [6.07, 6.45) is -5.37. The molecule has 6 atom stereocenters. The Morgan fingerprint density at radius 2 is 2.08 bits per heavy atom. The summed E-state index contributed by atoms with van der Waals surface area (Å²) >= 11 is 0. The van der Waals surface area contributed by atoms with Gasteiger partial charge < -0.3 is 24.1 Å². The van der Waals surface area contributed by atoms with E-state index in [0.29, 0.717) is 0 Å². The lowest BCUT2D eigenvalue weighted by molar-refractivity contribution is -0.169. The van der Waals surface area contributed by atoms with E-state index < -0.39 is 64.1 Å². The first-order chi connectivity index (χ1) is 11.6. The third kappa shape index (κ3) is 2.49. The fourth-order valence-electron chi connectivity index (χ4n) is 3.43. The highest BCUT2D eigenvalue weighted by Crippen LogP contribution is 2.55. The zero-order valence-corrected chi connectivity index (χ0v) is 14.4. The van der Waals surface area contributed by atoms with Gasteiger partial charge in [-0.3, -0.25) is 4.18 Å². The smallest absolute Gasteiger partial charge is 0.336 e. The summed E-state index contributed by atoms with van der Waals surface area (Å²) < 4.78 is 47.8. The average molecular weight is 378 g/mol. The van der Waals surface area contributed by atoms with E-state index in [4.69, 9.17) is 18.4 Å². The van der Waals surface area contributed by atoms with Gasteiger partial charge in [-0.25, -0.2) is 9.59 Å². The van der Waals surface area contributed by atoms with E-state index in [0.717, 1.165) is 7.11 Å². The molecular formula is C14H18O10S. The molecule has 3 fully saturated rings. The fourth-order valence-corrected chi connectivity index (χ4v) is 5.36. The normalized spacial score (nSPS) is 38.4. The number of hydrogen-bond donors (Lipinski definition) is 1. The van der Waals surface area contributed by atoms with Crippen molar-refractivity contribution in [2.24, 2.45) is 0 Å². The molecule has 0 radical (unpaired) electrons. The van der Waals surface area contributed by atoms with Crippen LogP contribution in [0.2, 0.25) is 0 Å². The van der Waals surface area contributed by atoms with Crippen molar-refractivity contribution in [3.05, 3.63) is 12.2 Å². The van der Waals surface area contributed by atoms with E-state index in [1.54, 1.807) is 0 Å². The third-order valence-electron chi connectivity index (χ3n) is 4.51. The maximum absolute atomic E-state index is 12.5. The molecule has 11 heteroatoms. The molecule has 3 rings (SSSR count). The SMILES string of the molecule is C=C(C)C(O)OCC(=O)OC1C2CC3OS(=O)(=O)C1(C(=O)OC)C3O2. The maximum atomic E-state index is 12.5. The molecular weight excluding hydrogens is 360 g/mol. The van der Waals surface area contributed by atoms with E-state index in [9.17, 15) is 23.1 Å². The molecule has 25 heavy (non-hydrogen) atoms. The molecule has 10 nitrogen and oxygen atoms in total. The van der Waals surface area contributed by atoms with Crippen LogP contribution >= 0.6 is 0 Å². The van der Waals surface area contributed by atoms with Gasteiger partial charge in [0, 0.05) is 6.42 Å². The molecule has 0 spiro atoms. The molecule has 3 heterocycles. The first-order valence-electron chi connectivity index (χ1n) is 7.46. The van der Waals surface area contributed by atoms with Crippen LogP contribution in [0.1, 0.15) is 13.3 Å². The Balaban J connectivity index is 1.82. The number of carbonyl (C=O) groups is 2. The quantitative estimate of drug-likeness (QED) is 0.255. The molecule has 3 aliphatic rings. The minimum absolute atomic E-state index is 0.163. The number of rotatable bonds is 6. The summed E-state index contributed by atoms with van der Waals surface area (Å²) in [5.74, 6) is -2.08. The van der Waals surface area contributed by atoms with Gasteiger partial charge in [0.2, 0.25) is 0 Å². The molecule has 0 amide bonds. The lowest BCUT2D eigenvalue weighted by atomic mass is 9.83. The van der Waals surface area contributed by atoms with Gasteiger partial charge in [0.1, 0.15) is 24.9 Å². The minimum Gasteiger partial charge on any atom is -0.468 e. The third-order valence-corrected chi connectivity index (χ3v) is 6.47. The summed E-state index contributed by atoms with van der Waals surface area (Å²) in [5, 5.41) is 9.46. The summed E-state index contributed by atoms with van der Waals surface area (Å²) in [4.78, 5) is 24.3. The van der Waals surface area contributed by atoms with Gasteiger partial charge in [-0.1, -0.05) is 6.58 Å². The van der Waals surface area contributed by atoms with Crippen molar-refractivity contribution in [2.75, 3.05) is 13.7 Å². The second kappa shape index (κ2) is 6.02. The van der Waals surface area contributed by atoms with Crippen molar-refractivity contribution in [3.8, 4) is 0 Å². The number of ether oxygens (including phenoxy) is 4. The van der Waals surface area contributed by atoms with Crippen LogP contribution in [0.25, 0.3) is 0 Å². The van der Waals surface area contributed by atoms with Crippen LogP contribution in [-0.4, -0.2) is 74.6 Å². The molecule has 1 N–H and O–H groups in total. The van der Waals surface area contributed by atoms with Crippen molar-refractivity contribution in [3.63, 3.8) is 0 Å². The highest BCUT2D eigenvalue weighted by atomic mass is 32.2. The first kappa shape index (κ1) is 18.3. The number of carbonyl (C=O) groups excluding carboxylic acids is 2. The van der Waals surface area contributed by atoms with Crippen LogP contribution < -0.4 is 0 Å². The summed E-state index contributed by atoms with van der Waals surface area (Å²) in [6.45, 7) is 4.29. The van der Waals surface area contributed by atoms with E-state index in [1.165, 1.54) is 6.92 Å². The largest absolute Gasteiger partial charge is 0.468 e. The summed E-state index contributed by atoms with van der Waals surface area (Å²) in [7, 11) is -3.40. The van der Waals surface area contributed by atoms with E-state index >= 15 is 0 Å². The summed E-state index contributed by atoms with van der Waals surface area (Å²) in [5.41, 5.74) is 0.275. The number of methoxy groups -OCH3 is 1. The van der Waals surface area contributed by atoms with E-state index in [1.807, 2.05) is 0 Å². The highest BCUT2D eigenvalue weighted by Gasteiger charge is 2.82. The number of fused-ring (bicyclic) bond motifs is 1. The van der Waals surface area contributed by atoms with Gasteiger partial charge in [-0.15, -0.1) is 0 Å². The first-order valence-corrected chi connectivity index (χ1v) is 8.87. The Labute approximate surface area is 143 Å². The van der Waals surface area contributed by atoms with Crippen molar-refractivity contribution in [2.45, 2.75) is 48.8 Å². The Morgan fingerprint density at radius 3 is 2.68 bits per heavy atom. The lowest BCUT2D eigenvalue weighted by Gasteiger charge is -2.30. The Hall–Kier alpha value is -1.53. The van der Waals surface area contributed by atoms with Crippen LogP contribution in [0.4, 0.5) is 0 Å². The number of aliphatic hydroxyl groups is 1. The van der Waals surface area contributed by atoms with E-state index in [-0.39, 0.29) is 12.0 Å². The van der Waals surface area contributed by atoms with Crippen molar-refractivity contribution >= 4 is 22.1 Å². The predicted molar refractivity (Wildman–Crippen MR) is 78.5 cm³/mol. The minimum atomic E-state index is -4.42. The fraction of sp³-hybridized carbons (Fsp3) is 0.714. The number of hydrogen-bond acceptors (Lipinski definition) is 10. The monoisotopic (exact) mass is 378 g/mol. The Bertz CT molecular complexity index is 715. The molecule has 0 aromatic rings. The lowest BCUT2D eigenvalue weighted by Crippen LogP contribution is -2.61. The molecule has 2 bridgehead atoms. The summed E-state index contributed by atoms with van der Waals surface area (Å²) in [6, 6.07) is 0. The van der Waals surface area contributed by atoms with Crippen LogP contribution in [0.5, 0.6) is 0 Å². The molecule has 0 saturated carbocycles. The standard InChI is InChI=1S/C14H18O10S/c1-6(2)12(16)21-5-9(15)23-10-7-4-8-11(22-7)14(10,13(17)20-3)25(18,19)24-8/h7-8,10-12,16H,1,4-5H2,2-3H3. The topological polar surface area (TPSA) is 135 Å². The van der Waals surface area contributed by atoms with E-state index in [2.05, 4.69) is 11.3 Å². The maximum Gasteiger partial charge on any atom is 0.336 e. The van der Waals surface area contributed by atoms with Crippen LogP contribution in [0.15, 0.2) is 12.2 Å². The van der Waals surface area contributed by atoms with Crippen LogP contribution in [0.3, 0.4) is 0 Å². The molecule has 6 unspecified atom stereocenters. The molecule has 0 aromatic heterocycles. The van der Waals surface area contributed by atoms with Crippen molar-refractivity contribution in [1.82, 2.24) is 0 Å². The zero-order valence-electron chi connectivity index (χ0n) is 13.5. The number of esters is 2. The molecule has 140 valence electrons. The second-order valence-electron chi connectivity index (χ2n) is 6.12. The van der Waals surface area contributed by atoms with Crippen LogP contribution in [0, 0.1) is 0 Å². The average Bonchev–Trinajstić information content (AvgIpc) is 3.11. The molecule has 0 aliphatic carbocycles. The highest BCUT2D eigenvalue weighted by molar-refractivity contribution is 7.89. The van der Waals surface area contributed by atoms with Gasteiger partial charge in [0.05, 0.1) is 7.11 Å².